The molecule has 1 atom stereocenters. The van der Waals surface area contributed by atoms with Gasteiger partial charge in [0.1, 0.15) is 17.6 Å². The van der Waals surface area contributed by atoms with Gasteiger partial charge in [-0.05, 0) is 31.0 Å². The number of rotatable bonds is 7. The van der Waals surface area contributed by atoms with Crippen LogP contribution in [-0.4, -0.2) is 55.7 Å². The molecule has 2 heterocycles. The first-order valence-corrected chi connectivity index (χ1v) is 11.3. The summed E-state index contributed by atoms with van der Waals surface area (Å²) in [5.74, 6) is -1.47. The molecule has 2 aliphatic heterocycles. The molecule has 2 aromatic rings. The van der Waals surface area contributed by atoms with Gasteiger partial charge in [0, 0.05) is 57.0 Å². The smallest absolute Gasteiger partial charge is 0.414 e. The van der Waals surface area contributed by atoms with Crippen molar-refractivity contribution in [1.82, 2.24) is 10.4 Å². The second-order valence-corrected chi connectivity index (χ2v) is 8.67. The van der Waals surface area contributed by atoms with Crippen LogP contribution in [0.2, 0.25) is 0 Å². The lowest BCUT2D eigenvalue weighted by molar-refractivity contribution is -0.117. The van der Waals surface area contributed by atoms with Crippen molar-refractivity contribution in [3.63, 3.8) is 0 Å². The second-order valence-electron chi connectivity index (χ2n) is 8.67. The molecule has 0 spiro atoms. The monoisotopic (exact) mass is 473 g/mol. The van der Waals surface area contributed by atoms with Crippen molar-refractivity contribution >= 4 is 28.9 Å². The van der Waals surface area contributed by atoms with Crippen LogP contribution >= 0.6 is 0 Å². The van der Waals surface area contributed by atoms with Gasteiger partial charge in [0.15, 0.2) is 11.6 Å². The van der Waals surface area contributed by atoms with Gasteiger partial charge in [0.25, 0.3) is 0 Å². The molecule has 2 aliphatic rings. The van der Waals surface area contributed by atoms with Gasteiger partial charge >= 0.3 is 6.09 Å². The summed E-state index contributed by atoms with van der Waals surface area (Å²) in [7, 11) is 0. The first kappa shape index (κ1) is 23.9. The van der Waals surface area contributed by atoms with Crippen LogP contribution in [0.5, 0.6) is 0 Å². The number of hydrogen-bond acceptors (Lipinski definition) is 7. The lowest BCUT2D eigenvalue weighted by Gasteiger charge is -2.25. The van der Waals surface area contributed by atoms with Gasteiger partial charge in [-0.15, -0.1) is 0 Å². The van der Waals surface area contributed by atoms with E-state index in [2.05, 4.69) is 5.43 Å². The average Bonchev–Trinajstić information content (AvgIpc) is 3.01. The van der Waals surface area contributed by atoms with Crippen molar-refractivity contribution in [3.8, 4) is 0 Å². The zero-order valence-electron chi connectivity index (χ0n) is 19.1. The van der Waals surface area contributed by atoms with Crippen LogP contribution in [-0.2, 0) is 16.1 Å². The Morgan fingerprint density at radius 2 is 1.85 bits per heavy atom. The number of hydrogen-bond donors (Lipinski definition) is 2. The maximum absolute atomic E-state index is 15.1. The van der Waals surface area contributed by atoms with Crippen LogP contribution in [0.3, 0.4) is 0 Å². The average molecular weight is 474 g/mol. The summed E-state index contributed by atoms with van der Waals surface area (Å²) in [5.41, 5.74) is 10.8. The standard InChI is InChI=1S/C24H29F2N5O3/c1-16(32)2-7-20-15-31(24(33)34-20)19-12-21(25)23(22(26)13-19)29-9-8-28-30(11-10-29)14-17-3-5-18(27)6-4-17/h3-6,12-13,20,28H,2,7-11,14-15,27H2,1H3/t20-/m0/s1. The number of nitrogen functional groups attached to an aromatic ring is 1. The van der Waals surface area contributed by atoms with Crippen LogP contribution in [0, 0.1) is 11.6 Å². The van der Waals surface area contributed by atoms with Crippen molar-refractivity contribution in [1.29, 1.82) is 0 Å². The molecule has 3 N–H and O–H groups in total. The summed E-state index contributed by atoms with van der Waals surface area (Å²) >= 11 is 0. The molecule has 2 saturated heterocycles. The van der Waals surface area contributed by atoms with Crippen LogP contribution < -0.4 is 21.0 Å². The largest absolute Gasteiger partial charge is 0.444 e. The van der Waals surface area contributed by atoms with Gasteiger partial charge in [0.2, 0.25) is 0 Å². The summed E-state index contributed by atoms with van der Waals surface area (Å²) in [4.78, 5) is 26.3. The van der Waals surface area contributed by atoms with E-state index < -0.39 is 23.8 Å². The predicted molar refractivity (Wildman–Crippen MR) is 125 cm³/mol. The molecule has 8 nitrogen and oxygen atoms in total. The number of ketones is 1. The number of benzene rings is 2. The van der Waals surface area contributed by atoms with Gasteiger partial charge < -0.3 is 20.2 Å². The minimum atomic E-state index is -0.734. The quantitative estimate of drug-likeness (QED) is 0.598. The maximum Gasteiger partial charge on any atom is 0.414 e. The highest BCUT2D eigenvalue weighted by molar-refractivity contribution is 5.90. The van der Waals surface area contributed by atoms with E-state index in [-0.39, 0.29) is 30.1 Å². The Balaban J connectivity index is 1.42. The highest BCUT2D eigenvalue weighted by atomic mass is 19.1. The van der Waals surface area contributed by atoms with Gasteiger partial charge in [-0.25, -0.2) is 18.6 Å². The summed E-state index contributed by atoms with van der Waals surface area (Å²) in [6.07, 6.45) is -0.483. The van der Waals surface area contributed by atoms with Crippen molar-refractivity contribution in [2.45, 2.75) is 32.4 Å². The number of hydrazine groups is 1. The summed E-state index contributed by atoms with van der Waals surface area (Å²) in [6, 6.07) is 9.91. The minimum Gasteiger partial charge on any atom is -0.444 e. The van der Waals surface area contributed by atoms with E-state index in [1.54, 1.807) is 4.90 Å². The van der Waals surface area contributed by atoms with Gasteiger partial charge in [-0.3, -0.25) is 10.3 Å². The minimum absolute atomic E-state index is 0.00471. The molecule has 34 heavy (non-hydrogen) atoms. The molecule has 2 fully saturated rings. The Kier molecular flexibility index (Phi) is 7.28. The van der Waals surface area contributed by atoms with Crippen molar-refractivity contribution in [2.75, 3.05) is 48.3 Å². The van der Waals surface area contributed by atoms with E-state index in [9.17, 15) is 9.59 Å². The van der Waals surface area contributed by atoms with Crippen LogP contribution in [0.25, 0.3) is 0 Å². The summed E-state index contributed by atoms with van der Waals surface area (Å²) in [5, 5.41) is 2.01. The molecule has 0 unspecified atom stereocenters. The van der Waals surface area contributed by atoms with Gasteiger partial charge in [-0.1, -0.05) is 12.1 Å². The third kappa shape index (κ3) is 5.63. The van der Waals surface area contributed by atoms with E-state index in [4.69, 9.17) is 10.5 Å². The number of carbonyl (C=O) groups is 2. The Morgan fingerprint density at radius 1 is 1.15 bits per heavy atom. The van der Waals surface area contributed by atoms with Gasteiger partial charge in [0.05, 0.1) is 12.2 Å². The zero-order valence-corrected chi connectivity index (χ0v) is 19.1. The summed E-state index contributed by atoms with van der Waals surface area (Å²) in [6.45, 7) is 4.18. The Bertz CT molecular complexity index is 1030. The van der Waals surface area contributed by atoms with E-state index >= 15 is 8.78 Å². The van der Waals surface area contributed by atoms with Crippen LogP contribution in [0.15, 0.2) is 36.4 Å². The fraction of sp³-hybridized carbons (Fsp3) is 0.417. The lowest BCUT2D eigenvalue weighted by atomic mass is 10.1. The molecule has 4 rings (SSSR count). The molecule has 10 heteroatoms. The van der Waals surface area contributed by atoms with E-state index in [0.29, 0.717) is 44.8 Å². The van der Waals surface area contributed by atoms with Gasteiger partial charge in [-0.2, -0.15) is 0 Å². The number of amides is 1. The SMILES string of the molecule is CC(=O)CC[C@H]1CN(c2cc(F)c(N3CCNN(Cc4ccc(N)cc4)CC3)c(F)c2)C(=O)O1. The number of halogens is 2. The maximum atomic E-state index is 15.1. The Labute approximate surface area is 197 Å². The molecule has 182 valence electrons. The van der Waals surface area contributed by atoms with E-state index in [0.717, 1.165) is 17.7 Å². The Morgan fingerprint density at radius 3 is 2.53 bits per heavy atom. The number of nitrogens with zero attached hydrogens (tertiary/aromatic N) is 3. The number of cyclic esters (lactones) is 1. The third-order valence-electron chi connectivity index (χ3n) is 6.03. The molecular weight excluding hydrogens is 444 g/mol. The highest BCUT2D eigenvalue weighted by Gasteiger charge is 2.33. The molecular formula is C24H29F2N5O3. The normalized spacial score (nSPS) is 19.3. The fourth-order valence-corrected chi connectivity index (χ4v) is 4.23. The first-order chi connectivity index (χ1) is 16.3. The molecule has 0 saturated carbocycles. The highest BCUT2D eigenvalue weighted by Crippen LogP contribution is 2.31. The number of anilines is 3. The lowest BCUT2D eigenvalue weighted by Crippen LogP contribution is -2.38. The fourth-order valence-electron chi connectivity index (χ4n) is 4.23. The van der Waals surface area contributed by atoms with E-state index in [1.165, 1.54) is 11.8 Å². The van der Waals surface area contributed by atoms with E-state index in [1.807, 2.05) is 29.3 Å². The number of ether oxygens (including phenoxy) is 1. The molecule has 0 radical (unpaired) electrons. The number of nitrogens with two attached hydrogens (primary N) is 1. The zero-order chi connectivity index (χ0) is 24.2. The molecule has 1 amide bonds. The van der Waals surface area contributed by atoms with Crippen LogP contribution in [0.4, 0.5) is 30.6 Å². The summed E-state index contributed by atoms with van der Waals surface area (Å²) < 4.78 is 35.4. The number of carbonyl (C=O) groups excluding carboxylic acids is 2. The van der Waals surface area contributed by atoms with Crippen molar-refractivity contribution < 1.29 is 23.1 Å². The topological polar surface area (TPSA) is 91.1 Å². The van der Waals surface area contributed by atoms with Crippen molar-refractivity contribution in [2.24, 2.45) is 0 Å². The molecule has 2 aromatic carbocycles. The number of nitrogens with one attached hydrogen (secondary N) is 1. The third-order valence-corrected chi connectivity index (χ3v) is 6.03. The second kappa shape index (κ2) is 10.4. The predicted octanol–water partition coefficient (Wildman–Crippen LogP) is 3.07. The van der Waals surface area contributed by atoms with Crippen molar-refractivity contribution in [3.05, 3.63) is 53.6 Å². The molecule has 0 aromatic heterocycles. The number of Topliss-reactive ketones (excluding diaryl/α,β-unsaturated/α-hetero) is 1. The molecule has 0 bridgehead atoms. The van der Waals surface area contributed by atoms with Crippen LogP contribution in [0.1, 0.15) is 25.3 Å². The first-order valence-electron chi connectivity index (χ1n) is 11.3. The Hall–Kier alpha value is -3.24. The molecule has 0 aliphatic carbocycles.